The van der Waals surface area contributed by atoms with E-state index < -0.39 is 0 Å². The Kier molecular flexibility index (Phi) is 4.03. The summed E-state index contributed by atoms with van der Waals surface area (Å²) in [5.74, 6) is -0.295. The minimum atomic E-state index is -0.295. The Balaban J connectivity index is 2.37. The topological polar surface area (TPSA) is 31.2 Å². The molecule has 0 aliphatic rings. The third-order valence-electron chi connectivity index (χ3n) is 3.69. The molecule has 0 spiro atoms. The second kappa shape index (κ2) is 5.97. The van der Waals surface area contributed by atoms with Gasteiger partial charge in [-0.25, -0.2) is 4.79 Å². The molecule has 0 saturated carbocycles. The predicted octanol–water partition coefficient (Wildman–Crippen LogP) is 4.78. The Morgan fingerprint density at radius 1 is 1.18 bits per heavy atom. The van der Waals surface area contributed by atoms with Crippen molar-refractivity contribution in [1.82, 2.24) is 4.57 Å². The van der Waals surface area contributed by atoms with Gasteiger partial charge in [-0.3, -0.25) is 0 Å². The van der Waals surface area contributed by atoms with Crippen molar-refractivity contribution in [2.45, 2.75) is 6.92 Å². The second-order valence-corrected chi connectivity index (χ2v) is 5.95. The van der Waals surface area contributed by atoms with Crippen LogP contribution >= 0.6 is 15.9 Å². The molecule has 3 aromatic rings. The monoisotopic (exact) mass is 357 g/mol. The molecule has 0 amide bonds. The van der Waals surface area contributed by atoms with Crippen LogP contribution in [0.2, 0.25) is 0 Å². The van der Waals surface area contributed by atoms with E-state index in [1.807, 2.05) is 67.1 Å². The molecule has 2 aromatic carbocycles. The lowest BCUT2D eigenvalue weighted by Crippen LogP contribution is -2.11. The minimum Gasteiger partial charge on any atom is -0.461 e. The fourth-order valence-corrected chi connectivity index (χ4v) is 3.11. The Labute approximate surface area is 137 Å². The van der Waals surface area contributed by atoms with Crippen molar-refractivity contribution >= 4 is 32.8 Å². The zero-order valence-corrected chi connectivity index (χ0v) is 14.1. The summed E-state index contributed by atoms with van der Waals surface area (Å²) < 4.78 is 8.15. The van der Waals surface area contributed by atoms with Crippen molar-refractivity contribution < 1.29 is 9.53 Å². The van der Waals surface area contributed by atoms with E-state index in [9.17, 15) is 4.79 Å². The van der Waals surface area contributed by atoms with E-state index in [-0.39, 0.29) is 5.97 Å². The first-order valence-electron chi connectivity index (χ1n) is 7.14. The largest absolute Gasteiger partial charge is 0.461 e. The molecule has 0 atom stereocenters. The molecule has 3 nitrogen and oxygen atoms in total. The number of carbonyl (C=O) groups excluding carboxylic acids is 1. The van der Waals surface area contributed by atoms with Gasteiger partial charge < -0.3 is 9.30 Å². The van der Waals surface area contributed by atoms with Crippen LogP contribution in [0.1, 0.15) is 17.4 Å². The van der Waals surface area contributed by atoms with Gasteiger partial charge >= 0.3 is 5.97 Å². The van der Waals surface area contributed by atoms with Gasteiger partial charge in [-0.15, -0.1) is 0 Å². The van der Waals surface area contributed by atoms with Gasteiger partial charge in [0.15, 0.2) is 0 Å². The van der Waals surface area contributed by atoms with Gasteiger partial charge in [0.1, 0.15) is 5.69 Å². The van der Waals surface area contributed by atoms with E-state index in [0.29, 0.717) is 12.3 Å². The van der Waals surface area contributed by atoms with E-state index in [0.717, 1.165) is 26.5 Å². The fourth-order valence-electron chi connectivity index (χ4n) is 2.75. The summed E-state index contributed by atoms with van der Waals surface area (Å²) >= 11 is 3.52. The smallest absolute Gasteiger partial charge is 0.355 e. The summed E-state index contributed by atoms with van der Waals surface area (Å²) in [5.41, 5.74) is 3.51. The summed E-state index contributed by atoms with van der Waals surface area (Å²) in [7, 11) is 1.90. The SMILES string of the molecule is CCOC(=O)c1c(-c2ccccc2)c2cc(Br)ccc2n1C. The average Bonchev–Trinajstić information content (AvgIpc) is 2.81. The molecule has 22 heavy (non-hydrogen) atoms. The van der Waals surface area contributed by atoms with E-state index >= 15 is 0 Å². The Morgan fingerprint density at radius 2 is 1.91 bits per heavy atom. The van der Waals surface area contributed by atoms with Gasteiger partial charge in [0.25, 0.3) is 0 Å². The molecular formula is C18H16BrNO2. The lowest BCUT2D eigenvalue weighted by molar-refractivity contribution is 0.0517. The molecule has 1 heterocycles. The molecular weight excluding hydrogens is 342 g/mol. The highest BCUT2D eigenvalue weighted by Crippen LogP contribution is 2.36. The number of aryl methyl sites for hydroxylation is 1. The maximum absolute atomic E-state index is 12.5. The summed E-state index contributed by atoms with van der Waals surface area (Å²) in [4.78, 5) is 12.5. The number of hydrogen-bond donors (Lipinski definition) is 0. The number of ether oxygens (including phenoxy) is 1. The van der Waals surface area contributed by atoms with Crippen LogP contribution in [0.4, 0.5) is 0 Å². The summed E-state index contributed by atoms with van der Waals surface area (Å²) in [5, 5.41) is 1.03. The first kappa shape index (κ1) is 14.9. The zero-order valence-electron chi connectivity index (χ0n) is 12.5. The molecule has 112 valence electrons. The summed E-state index contributed by atoms with van der Waals surface area (Å²) in [6, 6.07) is 16.0. The Bertz CT molecular complexity index is 837. The van der Waals surface area contributed by atoms with Crippen molar-refractivity contribution in [3.63, 3.8) is 0 Å². The van der Waals surface area contributed by atoms with Crippen LogP contribution in [-0.2, 0) is 11.8 Å². The third-order valence-corrected chi connectivity index (χ3v) is 4.19. The number of carbonyl (C=O) groups is 1. The van der Waals surface area contributed by atoms with Gasteiger partial charge in [-0.05, 0) is 30.7 Å². The first-order chi connectivity index (χ1) is 10.6. The van der Waals surface area contributed by atoms with Crippen LogP contribution in [-0.4, -0.2) is 17.1 Å². The maximum Gasteiger partial charge on any atom is 0.355 e. The number of esters is 1. The molecule has 1 aromatic heterocycles. The predicted molar refractivity (Wildman–Crippen MR) is 92.0 cm³/mol. The average molecular weight is 358 g/mol. The highest BCUT2D eigenvalue weighted by atomic mass is 79.9. The first-order valence-corrected chi connectivity index (χ1v) is 7.93. The summed E-state index contributed by atoms with van der Waals surface area (Å²) in [6.07, 6.45) is 0. The summed E-state index contributed by atoms with van der Waals surface area (Å²) in [6.45, 7) is 2.18. The molecule has 4 heteroatoms. The van der Waals surface area contributed by atoms with Crippen LogP contribution in [0, 0.1) is 0 Å². The van der Waals surface area contributed by atoms with Crippen LogP contribution in [0.25, 0.3) is 22.0 Å². The van der Waals surface area contributed by atoms with Gasteiger partial charge in [0, 0.05) is 28.0 Å². The normalized spacial score (nSPS) is 10.9. The molecule has 0 N–H and O–H groups in total. The maximum atomic E-state index is 12.5. The van der Waals surface area contributed by atoms with Crippen molar-refractivity contribution in [2.24, 2.45) is 7.05 Å². The number of rotatable bonds is 3. The van der Waals surface area contributed by atoms with Crippen molar-refractivity contribution in [2.75, 3.05) is 6.61 Å². The van der Waals surface area contributed by atoms with E-state index in [1.165, 1.54) is 0 Å². The van der Waals surface area contributed by atoms with Gasteiger partial charge in [-0.2, -0.15) is 0 Å². The number of benzene rings is 2. The van der Waals surface area contributed by atoms with Crippen LogP contribution in [0.15, 0.2) is 53.0 Å². The van der Waals surface area contributed by atoms with E-state index in [2.05, 4.69) is 15.9 Å². The number of aromatic nitrogens is 1. The van der Waals surface area contributed by atoms with Crippen LogP contribution < -0.4 is 0 Å². The molecule has 0 saturated heterocycles. The lowest BCUT2D eigenvalue weighted by Gasteiger charge is -2.07. The lowest BCUT2D eigenvalue weighted by atomic mass is 10.0. The molecule has 0 aliphatic heterocycles. The minimum absolute atomic E-state index is 0.295. The number of nitrogens with zero attached hydrogens (tertiary/aromatic N) is 1. The fraction of sp³-hybridized carbons (Fsp3) is 0.167. The van der Waals surface area contributed by atoms with Crippen LogP contribution in [0.3, 0.4) is 0 Å². The quantitative estimate of drug-likeness (QED) is 0.631. The molecule has 0 aliphatic carbocycles. The van der Waals surface area contributed by atoms with Crippen molar-refractivity contribution in [1.29, 1.82) is 0 Å². The molecule has 0 bridgehead atoms. The van der Waals surface area contributed by atoms with Crippen molar-refractivity contribution in [3.8, 4) is 11.1 Å². The van der Waals surface area contributed by atoms with E-state index in [1.54, 1.807) is 0 Å². The second-order valence-electron chi connectivity index (χ2n) is 5.03. The van der Waals surface area contributed by atoms with Gasteiger partial charge in [-0.1, -0.05) is 46.3 Å². The highest BCUT2D eigenvalue weighted by Gasteiger charge is 2.23. The third kappa shape index (κ3) is 2.44. The van der Waals surface area contributed by atoms with Gasteiger partial charge in [0.2, 0.25) is 0 Å². The molecule has 0 radical (unpaired) electrons. The molecule has 0 fully saturated rings. The standard InChI is InChI=1S/C18H16BrNO2/c1-3-22-18(21)17-16(12-7-5-4-6-8-12)14-11-13(19)9-10-15(14)20(17)2/h4-11H,3H2,1-2H3. The van der Waals surface area contributed by atoms with Crippen molar-refractivity contribution in [3.05, 3.63) is 58.7 Å². The van der Waals surface area contributed by atoms with E-state index in [4.69, 9.17) is 4.74 Å². The number of hydrogen-bond acceptors (Lipinski definition) is 2. The number of fused-ring (bicyclic) bond motifs is 1. The highest BCUT2D eigenvalue weighted by molar-refractivity contribution is 9.10. The Morgan fingerprint density at radius 3 is 2.59 bits per heavy atom. The Hall–Kier alpha value is -2.07. The van der Waals surface area contributed by atoms with Gasteiger partial charge in [0.05, 0.1) is 6.61 Å². The molecule has 0 unspecified atom stereocenters. The molecule has 3 rings (SSSR count). The number of halogens is 1. The zero-order chi connectivity index (χ0) is 15.7. The van der Waals surface area contributed by atoms with Crippen LogP contribution in [0.5, 0.6) is 0 Å².